The van der Waals surface area contributed by atoms with Crippen molar-refractivity contribution in [2.75, 3.05) is 6.54 Å². The van der Waals surface area contributed by atoms with Crippen LogP contribution in [0.3, 0.4) is 0 Å². The summed E-state index contributed by atoms with van der Waals surface area (Å²) in [5.74, 6) is -0.393. The van der Waals surface area contributed by atoms with E-state index in [0.29, 0.717) is 12.5 Å². The number of amides is 1. The highest BCUT2D eigenvalue weighted by Crippen LogP contribution is 2.21. The Kier molecular flexibility index (Phi) is 6.80. The third kappa shape index (κ3) is 4.46. The molecule has 0 heterocycles. The first kappa shape index (κ1) is 16.4. The van der Waals surface area contributed by atoms with Crippen LogP contribution in [0.4, 0.5) is 4.39 Å². The fraction of sp³-hybridized carbons (Fsp3) is 0.500. The topological polar surface area (TPSA) is 29.1 Å². The highest BCUT2D eigenvalue weighted by atomic mass is 79.9. The van der Waals surface area contributed by atoms with Gasteiger partial charge in [-0.25, -0.2) is 4.39 Å². The fourth-order valence-electron chi connectivity index (χ4n) is 1.93. The number of alkyl halides is 1. The Morgan fingerprint density at radius 1 is 1.42 bits per heavy atom. The maximum absolute atomic E-state index is 13.3. The van der Waals surface area contributed by atoms with Crippen LogP contribution in [-0.4, -0.2) is 17.8 Å². The molecule has 2 nitrogen and oxygen atoms in total. The molecular weight excluding hydrogens is 333 g/mol. The van der Waals surface area contributed by atoms with E-state index in [1.807, 2.05) is 0 Å². The Hall–Kier alpha value is -0.610. The molecule has 1 unspecified atom stereocenters. The lowest BCUT2D eigenvalue weighted by Crippen LogP contribution is -2.33. The van der Waals surface area contributed by atoms with Gasteiger partial charge in [0, 0.05) is 6.54 Å². The normalized spacial score (nSPS) is 12.5. The van der Waals surface area contributed by atoms with E-state index in [0.717, 1.165) is 12.8 Å². The lowest BCUT2D eigenvalue weighted by molar-refractivity contribution is 0.0950. The molecule has 0 spiro atoms. The molecule has 1 amide bonds. The van der Waals surface area contributed by atoms with E-state index < -0.39 is 5.82 Å². The first-order valence-electron chi connectivity index (χ1n) is 6.37. The van der Waals surface area contributed by atoms with E-state index in [4.69, 9.17) is 11.6 Å². The quantitative estimate of drug-likeness (QED) is 0.759. The zero-order valence-electron chi connectivity index (χ0n) is 11.1. The van der Waals surface area contributed by atoms with Crippen molar-refractivity contribution < 1.29 is 9.18 Å². The van der Waals surface area contributed by atoms with Gasteiger partial charge in [0.05, 0.1) is 15.4 Å². The standard InChI is InChI=1S/C14H18BrClFNO/c1-3-9(4-2)11(16)8-18-14(19)10-6-5-7-12(17)13(10)15/h5-7,9,11H,3-4,8H2,1-2H3,(H,18,19). The molecule has 0 aliphatic rings. The molecule has 0 saturated heterocycles. The molecule has 1 aromatic rings. The van der Waals surface area contributed by atoms with Crippen LogP contribution in [0, 0.1) is 11.7 Å². The SMILES string of the molecule is CCC(CC)C(Cl)CNC(=O)c1cccc(F)c1Br. The van der Waals surface area contributed by atoms with Crippen molar-refractivity contribution in [1.29, 1.82) is 0 Å². The predicted molar refractivity (Wildman–Crippen MR) is 80.1 cm³/mol. The van der Waals surface area contributed by atoms with E-state index in [2.05, 4.69) is 35.1 Å². The molecule has 1 atom stereocenters. The third-order valence-electron chi connectivity index (χ3n) is 3.21. The van der Waals surface area contributed by atoms with Crippen molar-refractivity contribution in [3.8, 4) is 0 Å². The highest BCUT2D eigenvalue weighted by Gasteiger charge is 2.18. The van der Waals surface area contributed by atoms with E-state index in [1.54, 1.807) is 6.07 Å². The Labute approximate surface area is 126 Å². The van der Waals surface area contributed by atoms with Gasteiger partial charge in [-0.15, -0.1) is 11.6 Å². The van der Waals surface area contributed by atoms with Gasteiger partial charge in [-0.1, -0.05) is 32.8 Å². The van der Waals surface area contributed by atoms with Crippen molar-refractivity contribution in [1.82, 2.24) is 5.32 Å². The molecule has 1 aromatic carbocycles. The molecule has 0 aromatic heterocycles. The van der Waals surface area contributed by atoms with Crippen LogP contribution in [0.1, 0.15) is 37.0 Å². The summed E-state index contributed by atoms with van der Waals surface area (Å²) in [6, 6.07) is 4.38. The summed E-state index contributed by atoms with van der Waals surface area (Å²) in [5, 5.41) is 2.64. The molecule has 106 valence electrons. The lowest BCUT2D eigenvalue weighted by Gasteiger charge is -2.19. The van der Waals surface area contributed by atoms with Gasteiger partial charge in [-0.05, 0) is 34.0 Å². The Balaban J connectivity index is 2.63. The van der Waals surface area contributed by atoms with Crippen LogP contribution in [-0.2, 0) is 0 Å². The number of rotatable bonds is 6. The smallest absolute Gasteiger partial charge is 0.252 e. The van der Waals surface area contributed by atoms with Crippen molar-refractivity contribution in [2.45, 2.75) is 32.1 Å². The van der Waals surface area contributed by atoms with Gasteiger partial charge in [0.2, 0.25) is 0 Å². The number of benzene rings is 1. The van der Waals surface area contributed by atoms with Gasteiger partial charge >= 0.3 is 0 Å². The van der Waals surface area contributed by atoms with Gasteiger partial charge in [0.15, 0.2) is 0 Å². The van der Waals surface area contributed by atoms with E-state index >= 15 is 0 Å². The van der Waals surface area contributed by atoms with Crippen molar-refractivity contribution in [3.63, 3.8) is 0 Å². The minimum absolute atomic E-state index is 0.105. The highest BCUT2D eigenvalue weighted by molar-refractivity contribution is 9.10. The second-order valence-electron chi connectivity index (χ2n) is 4.40. The number of carbonyl (C=O) groups excluding carboxylic acids is 1. The predicted octanol–water partition coefficient (Wildman–Crippen LogP) is 4.36. The molecule has 0 fully saturated rings. The minimum atomic E-state index is -0.449. The van der Waals surface area contributed by atoms with Crippen LogP contribution in [0.2, 0.25) is 0 Å². The van der Waals surface area contributed by atoms with E-state index in [-0.39, 0.29) is 21.3 Å². The van der Waals surface area contributed by atoms with Crippen molar-refractivity contribution in [2.24, 2.45) is 5.92 Å². The Morgan fingerprint density at radius 2 is 2.05 bits per heavy atom. The Morgan fingerprint density at radius 3 is 2.63 bits per heavy atom. The third-order valence-corrected chi connectivity index (χ3v) is 4.53. The van der Waals surface area contributed by atoms with E-state index in [1.165, 1.54) is 12.1 Å². The summed E-state index contributed by atoms with van der Waals surface area (Å²) >= 11 is 9.32. The first-order chi connectivity index (χ1) is 9.01. The maximum Gasteiger partial charge on any atom is 0.252 e. The second kappa shape index (κ2) is 7.85. The molecule has 1 N–H and O–H groups in total. The average molecular weight is 351 g/mol. The van der Waals surface area contributed by atoms with Gasteiger partial charge in [-0.2, -0.15) is 0 Å². The molecule has 0 saturated carbocycles. The van der Waals surface area contributed by atoms with Crippen molar-refractivity contribution in [3.05, 3.63) is 34.1 Å². The lowest BCUT2D eigenvalue weighted by atomic mass is 9.99. The molecule has 0 aliphatic heterocycles. The Bertz CT molecular complexity index is 437. The molecular formula is C14H18BrClFNO. The summed E-state index contributed by atoms with van der Waals surface area (Å²) in [5.41, 5.74) is 0.286. The number of hydrogen-bond acceptors (Lipinski definition) is 1. The van der Waals surface area contributed by atoms with Gasteiger partial charge in [0.25, 0.3) is 5.91 Å². The molecule has 5 heteroatoms. The minimum Gasteiger partial charge on any atom is -0.351 e. The summed E-state index contributed by atoms with van der Waals surface area (Å²) in [4.78, 5) is 12.0. The van der Waals surface area contributed by atoms with Crippen LogP contribution in [0.25, 0.3) is 0 Å². The average Bonchev–Trinajstić information content (AvgIpc) is 2.40. The van der Waals surface area contributed by atoms with Gasteiger partial charge < -0.3 is 5.32 Å². The molecule has 0 bridgehead atoms. The molecule has 0 radical (unpaired) electrons. The molecule has 19 heavy (non-hydrogen) atoms. The summed E-state index contributed by atoms with van der Waals surface area (Å²) < 4.78 is 13.5. The number of carbonyl (C=O) groups is 1. The zero-order chi connectivity index (χ0) is 14.4. The number of nitrogens with one attached hydrogen (secondary N) is 1. The first-order valence-corrected chi connectivity index (χ1v) is 7.60. The summed E-state index contributed by atoms with van der Waals surface area (Å²) in [6.07, 6.45) is 1.95. The van der Waals surface area contributed by atoms with Crippen LogP contribution >= 0.6 is 27.5 Å². The zero-order valence-corrected chi connectivity index (χ0v) is 13.4. The van der Waals surface area contributed by atoms with Crippen LogP contribution in [0.5, 0.6) is 0 Å². The van der Waals surface area contributed by atoms with Gasteiger partial charge in [-0.3, -0.25) is 4.79 Å². The maximum atomic E-state index is 13.3. The molecule has 0 aliphatic carbocycles. The number of halogens is 3. The van der Waals surface area contributed by atoms with Crippen LogP contribution < -0.4 is 5.32 Å². The largest absolute Gasteiger partial charge is 0.351 e. The summed E-state index contributed by atoms with van der Waals surface area (Å²) in [7, 11) is 0. The fourth-order valence-corrected chi connectivity index (χ4v) is 2.81. The van der Waals surface area contributed by atoms with Crippen molar-refractivity contribution >= 4 is 33.4 Å². The summed E-state index contributed by atoms with van der Waals surface area (Å²) in [6.45, 7) is 4.54. The number of hydrogen-bond donors (Lipinski definition) is 1. The van der Waals surface area contributed by atoms with Crippen LogP contribution in [0.15, 0.2) is 22.7 Å². The second-order valence-corrected chi connectivity index (χ2v) is 5.76. The molecule has 1 rings (SSSR count). The monoisotopic (exact) mass is 349 g/mol. The van der Waals surface area contributed by atoms with E-state index in [9.17, 15) is 9.18 Å². The van der Waals surface area contributed by atoms with Gasteiger partial charge in [0.1, 0.15) is 5.82 Å².